The van der Waals surface area contributed by atoms with Gasteiger partial charge in [-0.25, -0.2) is 0 Å². The predicted molar refractivity (Wildman–Crippen MR) is 94.2 cm³/mol. The standard InChI is InChI=1S/C18H21Cl2NO/c1-2-9-22-15-6-3-5-13(11-15)10-14(12-21)18-16(19)7-4-8-17(18)20/h3-8,11,14H,2,9-10,12,21H2,1H3. The fraction of sp³-hybridized carbons (Fsp3) is 0.333. The Labute approximate surface area is 142 Å². The summed E-state index contributed by atoms with van der Waals surface area (Å²) in [5.74, 6) is 0.975. The van der Waals surface area contributed by atoms with Crippen LogP contribution in [-0.2, 0) is 6.42 Å². The Morgan fingerprint density at radius 2 is 1.77 bits per heavy atom. The van der Waals surface area contributed by atoms with Crippen molar-refractivity contribution in [1.82, 2.24) is 0 Å². The topological polar surface area (TPSA) is 35.2 Å². The molecule has 0 heterocycles. The summed E-state index contributed by atoms with van der Waals surface area (Å²) in [6.07, 6.45) is 1.77. The second kappa shape index (κ2) is 8.42. The number of hydrogen-bond acceptors (Lipinski definition) is 2. The van der Waals surface area contributed by atoms with Crippen molar-refractivity contribution >= 4 is 23.2 Å². The third-order valence-corrected chi connectivity index (χ3v) is 4.21. The van der Waals surface area contributed by atoms with Gasteiger partial charge in [0.05, 0.1) is 6.61 Å². The van der Waals surface area contributed by atoms with E-state index in [4.69, 9.17) is 33.7 Å². The van der Waals surface area contributed by atoms with Gasteiger partial charge in [-0.05, 0) is 54.8 Å². The summed E-state index contributed by atoms with van der Waals surface area (Å²) in [6.45, 7) is 3.30. The maximum atomic E-state index is 6.30. The van der Waals surface area contributed by atoms with Crippen LogP contribution in [0.1, 0.15) is 30.4 Å². The van der Waals surface area contributed by atoms with Crippen LogP contribution >= 0.6 is 23.2 Å². The van der Waals surface area contributed by atoms with E-state index in [-0.39, 0.29) is 5.92 Å². The van der Waals surface area contributed by atoms with Gasteiger partial charge in [0.25, 0.3) is 0 Å². The lowest BCUT2D eigenvalue weighted by Gasteiger charge is -2.19. The van der Waals surface area contributed by atoms with Crippen LogP contribution in [0.2, 0.25) is 10.0 Å². The van der Waals surface area contributed by atoms with E-state index in [1.807, 2.05) is 30.3 Å². The first-order chi connectivity index (χ1) is 10.7. The van der Waals surface area contributed by atoms with Gasteiger partial charge in [-0.15, -0.1) is 0 Å². The second-order valence-electron chi connectivity index (χ2n) is 5.27. The van der Waals surface area contributed by atoms with Gasteiger partial charge in [-0.3, -0.25) is 0 Å². The number of hydrogen-bond donors (Lipinski definition) is 1. The van der Waals surface area contributed by atoms with Crippen molar-refractivity contribution in [2.24, 2.45) is 5.73 Å². The molecule has 0 amide bonds. The molecule has 0 aromatic heterocycles. The number of nitrogens with two attached hydrogens (primary N) is 1. The number of rotatable bonds is 7. The van der Waals surface area contributed by atoms with Crippen molar-refractivity contribution in [3.05, 3.63) is 63.6 Å². The summed E-state index contributed by atoms with van der Waals surface area (Å²) in [6, 6.07) is 13.7. The molecule has 2 nitrogen and oxygen atoms in total. The van der Waals surface area contributed by atoms with Gasteiger partial charge >= 0.3 is 0 Å². The molecule has 0 aliphatic rings. The van der Waals surface area contributed by atoms with Crippen LogP contribution in [-0.4, -0.2) is 13.2 Å². The fourth-order valence-corrected chi connectivity index (χ4v) is 3.18. The maximum Gasteiger partial charge on any atom is 0.119 e. The minimum atomic E-state index is 0.0858. The molecule has 0 aliphatic carbocycles. The third kappa shape index (κ3) is 4.39. The third-order valence-electron chi connectivity index (χ3n) is 3.55. The molecule has 0 spiro atoms. The van der Waals surface area contributed by atoms with Gasteiger partial charge in [0, 0.05) is 16.0 Å². The van der Waals surface area contributed by atoms with E-state index in [0.717, 1.165) is 30.8 Å². The van der Waals surface area contributed by atoms with Crippen LogP contribution < -0.4 is 10.5 Å². The Hall–Kier alpha value is -1.22. The van der Waals surface area contributed by atoms with Gasteiger partial charge < -0.3 is 10.5 Å². The number of ether oxygens (including phenoxy) is 1. The van der Waals surface area contributed by atoms with Crippen molar-refractivity contribution < 1.29 is 4.74 Å². The minimum Gasteiger partial charge on any atom is -0.494 e. The first-order valence-corrected chi connectivity index (χ1v) is 8.27. The van der Waals surface area contributed by atoms with Crippen molar-refractivity contribution in [2.45, 2.75) is 25.7 Å². The van der Waals surface area contributed by atoms with E-state index in [1.165, 1.54) is 5.56 Å². The van der Waals surface area contributed by atoms with Gasteiger partial charge in [-0.2, -0.15) is 0 Å². The van der Waals surface area contributed by atoms with Gasteiger partial charge in [0.1, 0.15) is 5.75 Å². The van der Waals surface area contributed by atoms with Gasteiger partial charge in [0.15, 0.2) is 0 Å². The molecule has 2 N–H and O–H groups in total. The van der Waals surface area contributed by atoms with E-state index in [9.17, 15) is 0 Å². The highest BCUT2D eigenvalue weighted by molar-refractivity contribution is 6.36. The lowest BCUT2D eigenvalue weighted by molar-refractivity contribution is 0.317. The monoisotopic (exact) mass is 337 g/mol. The van der Waals surface area contributed by atoms with E-state index in [0.29, 0.717) is 16.6 Å². The quantitative estimate of drug-likeness (QED) is 0.765. The SMILES string of the molecule is CCCOc1cccc(CC(CN)c2c(Cl)cccc2Cl)c1. The first kappa shape index (κ1) is 17.1. The average Bonchev–Trinajstić information content (AvgIpc) is 2.52. The van der Waals surface area contributed by atoms with Crippen LogP contribution in [0.3, 0.4) is 0 Å². The fourth-order valence-electron chi connectivity index (χ4n) is 2.47. The zero-order valence-corrected chi connectivity index (χ0v) is 14.2. The van der Waals surface area contributed by atoms with Crippen molar-refractivity contribution in [3.8, 4) is 5.75 Å². The predicted octanol–water partition coefficient (Wildman–Crippen LogP) is 5.07. The maximum absolute atomic E-state index is 6.30. The molecule has 22 heavy (non-hydrogen) atoms. The van der Waals surface area contributed by atoms with Crippen molar-refractivity contribution in [2.75, 3.05) is 13.2 Å². The summed E-state index contributed by atoms with van der Waals surface area (Å²) in [4.78, 5) is 0. The van der Waals surface area contributed by atoms with E-state index in [1.54, 1.807) is 0 Å². The molecule has 1 unspecified atom stereocenters. The lowest BCUT2D eigenvalue weighted by Crippen LogP contribution is -2.16. The highest BCUT2D eigenvalue weighted by Crippen LogP contribution is 2.33. The van der Waals surface area contributed by atoms with E-state index in [2.05, 4.69) is 19.1 Å². The summed E-state index contributed by atoms with van der Waals surface area (Å²) in [7, 11) is 0. The molecule has 118 valence electrons. The molecule has 2 aromatic rings. The Morgan fingerprint density at radius 3 is 2.41 bits per heavy atom. The highest BCUT2D eigenvalue weighted by atomic mass is 35.5. The second-order valence-corrected chi connectivity index (χ2v) is 6.08. The Morgan fingerprint density at radius 1 is 1.09 bits per heavy atom. The molecule has 0 bridgehead atoms. The van der Waals surface area contributed by atoms with Crippen LogP contribution in [0.5, 0.6) is 5.75 Å². The van der Waals surface area contributed by atoms with Crippen LogP contribution in [0.25, 0.3) is 0 Å². The Bertz CT molecular complexity index is 596. The van der Waals surface area contributed by atoms with Crippen LogP contribution in [0.15, 0.2) is 42.5 Å². The lowest BCUT2D eigenvalue weighted by atomic mass is 9.92. The minimum absolute atomic E-state index is 0.0858. The van der Waals surface area contributed by atoms with Crippen LogP contribution in [0, 0.1) is 0 Å². The molecule has 0 saturated heterocycles. The molecule has 2 aromatic carbocycles. The number of benzene rings is 2. The van der Waals surface area contributed by atoms with Crippen molar-refractivity contribution in [3.63, 3.8) is 0 Å². The summed E-state index contributed by atoms with van der Waals surface area (Å²) >= 11 is 12.6. The van der Waals surface area contributed by atoms with Gasteiger partial charge in [-0.1, -0.05) is 48.3 Å². The normalized spacial score (nSPS) is 12.2. The smallest absolute Gasteiger partial charge is 0.119 e. The highest BCUT2D eigenvalue weighted by Gasteiger charge is 2.17. The van der Waals surface area contributed by atoms with Crippen LogP contribution in [0.4, 0.5) is 0 Å². The average molecular weight is 338 g/mol. The summed E-state index contributed by atoms with van der Waals surface area (Å²) < 4.78 is 5.68. The number of halogens is 2. The first-order valence-electron chi connectivity index (χ1n) is 7.51. The largest absolute Gasteiger partial charge is 0.494 e. The van der Waals surface area contributed by atoms with Crippen molar-refractivity contribution in [1.29, 1.82) is 0 Å². The van der Waals surface area contributed by atoms with E-state index >= 15 is 0 Å². The molecule has 2 rings (SSSR count). The van der Waals surface area contributed by atoms with E-state index < -0.39 is 0 Å². The molecule has 0 aliphatic heterocycles. The molecule has 0 fully saturated rings. The molecule has 4 heteroatoms. The zero-order chi connectivity index (χ0) is 15.9. The Kier molecular flexibility index (Phi) is 6.56. The molecule has 0 radical (unpaired) electrons. The molecule has 0 saturated carbocycles. The molecular weight excluding hydrogens is 317 g/mol. The summed E-state index contributed by atoms with van der Waals surface area (Å²) in [5, 5.41) is 1.34. The molecular formula is C18H21Cl2NO. The summed E-state index contributed by atoms with van der Waals surface area (Å²) in [5.41, 5.74) is 8.05. The van der Waals surface area contributed by atoms with Gasteiger partial charge in [0.2, 0.25) is 0 Å². The zero-order valence-electron chi connectivity index (χ0n) is 12.7. The Balaban J connectivity index is 2.20. The molecule has 1 atom stereocenters.